The lowest BCUT2D eigenvalue weighted by molar-refractivity contribution is 0.202. The molecule has 1 aliphatic heterocycles. The SMILES string of the molecule is Cc1sc(C(CN)N2CCCC(C)(C)CC2)cc1Br. The third kappa shape index (κ3) is 3.81. The highest BCUT2D eigenvalue weighted by Gasteiger charge is 2.28. The minimum absolute atomic E-state index is 0.392. The average molecular weight is 345 g/mol. The summed E-state index contributed by atoms with van der Waals surface area (Å²) >= 11 is 5.50. The van der Waals surface area contributed by atoms with E-state index in [1.165, 1.54) is 46.6 Å². The molecule has 0 aromatic carbocycles. The highest BCUT2D eigenvalue weighted by atomic mass is 79.9. The molecule has 108 valence electrons. The maximum absolute atomic E-state index is 6.06. The Hall–Kier alpha value is 0.100. The predicted octanol–water partition coefficient (Wildman–Crippen LogP) is 4.33. The number of nitrogens with zero attached hydrogens (tertiary/aromatic N) is 1. The van der Waals surface area contributed by atoms with Gasteiger partial charge in [0, 0.05) is 20.8 Å². The summed E-state index contributed by atoms with van der Waals surface area (Å²) in [6.45, 7) is 10.0. The van der Waals surface area contributed by atoms with Crippen molar-refractivity contribution in [1.29, 1.82) is 0 Å². The van der Waals surface area contributed by atoms with Gasteiger partial charge in [-0.2, -0.15) is 0 Å². The van der Waals surface area contributed by atoms with Gasteiger partial charge in [-0.25, -0.2) is 0 Å². The van der Waals surface area contributed by atoms with Crippen LogP contribution in [0.4, 0.5) is 0 Å². The first-order valence-corrected chi connectivity index (χ1v) is 8.74. The molecule has 1 unspecified atom stereocenters. The first-order chi connectivity index (χ1) is 8.93. The largest absolute Gasteiger partial charge is 0.329 e. The van der Waals surface area contributed by atoms with Crippen molar-refractivity contribution < 1.29 is 0 Å². The lowest BCUT2D eigenvalue weighted by atomic mass is 9.85. The summed E-state index contributed by atoms with van der Waals surface area (Å²) in [5, 5.41) is 0. The summed E-state index contributed by atoms with van der Waals surface area (Å²) in [5.41, 5.74) is 6.55. The molecule has 0 radical (unpaired) electrons. The van der Waals surface area contributed by atoms with E-state index in [1.807, 2.05) is 11.3 Å². The van der Waals surface area contributed by atoms with Crippen LogP contribution in [0.2, 0.25) is 0 Å². The first-order valence-electron chi connectivity index (χ1n) is 7.13. The van der Waals surface area contributed by atoms with Crippen LogP contribution < -0.4 is 5.73 Å². The molecule has 0 aliphatic carbocycles. The number of hydrogen-bond donors (Lipinski definition) is 1. The Balaban J connectivity index is 2.13. The molecule has 1 saturated heterocycles. The summed E-state index contributed by atoms with van der Waals surface area (Å²) in [5.74, 6) is 0. The number of hydrogen-bond acceptors (Lipinski definition) is 3. The topological polar surface area (TPSA) is 29.3 Å². The van der Waals surface area contributed by atoms with Gasteiger partial charge in [0.05, 0.1) is 6.04 Å². The molecule has 19 heavy (non-hydrogen) atoms. The minimum Gasteiger partial charge on any atom is -0.329 e. The van der Waals surface area contributed by atoms with Crippen LogP contribution in [0.15, 0.2) is 10.5 Å². The number of halogens is 1. The second kappa shape index (κ2) is 6.25. The van der Waals surface area contributed by atoms with Crippen LogP contribution in [-0.4, -0.2) is 24.5 Å². The minimum atomic E-state index is 0.392. The second-order valence-corrected chi connectivity index (χ2v) is 8.50. The molecule has 0 saturated carbocycles. The van der Waals surface area contributed by atoms with Crippen molar-refractivity contribution in [1.82, 2.24) is 4.90 Å². The molecular formula is C15H25BrN2S. The van der Waals surface area contributed by atoms with Crippen LogP contribution in [0.3, 0.4) is 0 Å². The highest BCUT2D eigenvalue weighted by molar-refractivity contribution is 9.10. The van der Waals surface area contributed by atoms with Gasteiger partial charge >= 0.3 is 0 Å². The summed E-state index contributed by atoms with van der Waals surface area (Å²) in [7, 11) is 0. The van der Waals surface area contributed by atoms with E-state index in [-0.39, 0.29) is 0 Å². The van der Waals surface area contributed by atoms with Gasteiger partial charge in [0.15, 0.2) is 0 Å². The smallest absolute Gasteiger partial charge is 0.0564 e. The molecule has 1 aliphatic rings. The molecule has 0 amide bonds. The van der Waals surface area contributed by atoms with Crippen LogP contribution in [0.5, 0.6) is 0 Å². The molecule has 2 N–H and O–H groups in total. The quantitative estimate of drug-likeness (QED) is 0.883. The molecule has 1 aromatic rings. The number of rotatable bonds is 3. The van der Waals surface area contributed by atoms with Crippen LogP contribution in [0.25, 0.3) is 0 Å². The van der Waals surface area contributed by atoms with Gasteiger partial charge in [-0.3, -0.25) is 4.90 Å². The fourth-order valence-corrected chi connectivity index (χ4v) is 4.56. The number of aryl methyl sites for hydroxylation is 1. The monoisotopic (exact) mass is 344 g/mol. The van der Waals surface area contributed by atoms with E-state index in [9.17, 15) is 0 Å². The maximum Gasteiger partial charge on any atom is 0.0564 e. The van der Waals surface area contributed by atoms with Crippen molar-refractivity contribution >= 4 is 27.3 Å². The molecule has 1 fully saturated rings. The van der Waals surface area contributed by atoms with Gasteiger partial charge < -0.3 is 5.73 Å². The van der Waals surface area contributed by atoms with E-state index in [1.54, 1.807) is 0 Å². The molecule has 1 atom stereocenters. The van der Waals surface area contributed by atoms with Crippen LogP contribution in [-0.2, 0) is 0 Å². The summed E-state index contributed by atoms with van der Waals surface area (Å²) in [6.07, 6.45) is 3.89. The molecule has 2 rings (SSSR count). The summed E-state index contributed by atoms with van der Waals surface area (Å²) in [6, 6.07) is 2.65. The Morgan fingerprint density at radius 2 is 2.16 bits per heavy atom. The molecular weight excluding hydrogens is 320 g/mol. The van der Waals surface area contributed by atoms with Crippen LogP contribution >= 0.6 is 27.3 Å². The number of thiophene rings is 1. The molecule has 4 heteroatoms. The zero-order chi connectivity index (χ0) is 14.0. The van der Waals surface area contributed by atoms with Gasteiger partial charge in [-0.05, 0) is 66.7 Å². The second-order valence-electron chi connectivity index (χ2n) is 6.36. The van der Waals surface area contributed by atoms with Crippen LogP contribution in [0.1, 0.15) is 48.9 Å². The highest BCUT2D eigenvalue weighted by Crippen LogP contribution is 2.36. The van der Waals surface area contributed by atoms with Crippen LogP contribution in [0, 0.1) is 12.3 Å². The van der Waals surface area contributed by atoms with E-state index < -0.39 is 0 Å². The van der Waals surface area contributed by atoms with Gasteiger partial charge in [0.2, 0.25) is 0 Å². The van der Waals surface area contributed by atoms with E-state index in [0.717, 1.165) is 0 Å². The van der Waals surface area contributed by atoms with Crippen molar-refractivity contribution in [3.05, 3.63) is 20.3 Å². The molecule has 2 heterocycles. The van der Waals surface area contributed by atoms with E-state index in [0.29, 0.717) is 18.0 Å². The molecule has 0 bridgehead atoms. The molecule has 0 spiro atoms. The Bertz CT molecular complexity index is 408. The Kier molecular flexibility index (Phi) is 5.09. The third-order valence-corrected chi connectivity index (χ3v) is 6.48. The van der Waals surface area contributed by atoms with Gasteiger partial charge in [0.1, 0.15) is 0 Å². The molecule has 2 nitrogen and oxygen atoms in total. The predicted molar refractivity (Wildman–Crippen MR) is 87.8 cm³/mol. The fraction of sp³-hybridized carbons (Fsp3) is 0.733. The lowest BCUT2D eigenvalue weighted by Crippen LogP contribution is -2.34. The zero-order valence-corrected chi connectivity index (χ0v) is 14.6. The first kappa shape index (κ1) is 15.5. The van der Waals surface area contributed by atoms with E-state index in [4.69, 9.17) is 5.73 Å². The normalized spacial score (nSPS) is 22.2. The van der Waals surface area contributed by atoms with E-state index >= 15 is 0 Å². The van der Waals surface area contributed by atoms with Crippen molar-refractivity contribution in [2.24, 2.45) is 11.1 Å². The van der Waals surface area contributed by atoms with Crippen molar-refractivity contribution in [2.45, 2.75) is 46.1 Å². The Morgan fingerprint density at radius 3 is 2.74 bits per heavy atom. The standard InChI is InChI=1S/C15H25BrN2S/c1-11-12(16)9-14(19-11)13(10-17)18-7-4-5-15(2,3)6-8-18/h9,13H,4-8,10,17H2,1-3H3. The van der Waals surface area contributed by atoms with Gasteiger partial charge in [0.25, 0.3) is 0 Å². The lowest BCUT2D eigenvalue weighted by Gasteiger charge is -2.29. The van der Waals surface area contributed by atoms with Gasteiger partial charge in [-0.15, -0.1) is 11.3 Å². The third-order valence-electron chi connectivity index (χ3n) is 4.24. The summed E-state index contributed by atoms with van der Waals surface area (Å²) in [4.78, 5) is 5.35. The Labute approximate surface area is 129 Å². The Morgan fingerprint density at radius 1 is 1.42 bits per heavy atom. The van der Waals surface area contributed by atoms with Gasteiger partial charge in [-0.1, -0.05) is 13.8 Å². The summed E-state index contributed by atoms with van der Waals surface area (Å²) < 4.78 is 1.22. The van der Waals surface area contributed by atoms with Crippen molar-refractivity contribution in [3.63, 3.8) is 0 Å². The zero-order valence-electron chi connectivity index (χ0n) is 12.2. The van der Waals surface area contributed by atoms with Crippen molar-refractivity contribution in [3.8, 4) is 0 Å². The fourth-order valence-electron chi connectivity index (χ4n) is 2.85. The number of likely N-dealkylation sites (tertiary alicyclic amines) is 1. The van der Waals surface area contributed by atoms with E-state index in [2.05, 4.69) is 47.7 Å². The maximum atomic E-state index is 6.06. The molecule has 1 aromatic heterocycles. The van der Waals surface area contributed by atoms with Crippen molar-refractivity contribution in [2.75, 3.05) is 19.6 Å². The number of nitrogens with two attached hydrogens (primary N) is 1. The average Bonchev–Trinajstić information content (AvgIpc) is 2.56.